The average molecular weight is 721 g/mol. The van der Waals surface area contributed by atoms with Gasteiger partial charge in [-0.05, 0) is 32.1 Å². The minimum absolute atomic E-state index is 0.246. The van der Waals surface area contributed by atoms with E-state index in [2.05, 4.69) is 13.8 Å². The molecular weight excluding hydrogens is 636 g/mol. The van der Waals surface area contributed by atoms with E-state index in [9.17, 15) is 19.5 Å². The first-order valence-corrected chi connectivity index (χ1v) is 22.6. The van der Waals surface area contributed by atoms with Crippen molar-refractivity contribution in [3.63, 3.8) is 0 Å². The number of hydrogen-bond donors (Lipinski definition) is 1. The first kappa shape index (κ1) is 47.4. The molecule has 6 heteroatoms. The summed E-state index contributed by atoms with van der Waals surface area (Å²) in [5.41, 5.74) is 0. The van der Waals surface area contributed by atoms with Crippen LogP contribution in [0.5, 0.6) is 0 Å². The van der Waals surface area contributed by atoms with Gasteiger partial charge in [0.1, 0.15) is 0 Å². The molecular formula is C45H84O6. The largest absolute Gasteiger partial charge is 0.481 e. The average Bonchev–Trinajstić information content (AvgIpc) is 3.13. The van der Waals surface area contributed by atoms with Gasteiger partial charge in [-0.25, -0.2) is 0 Å². The number of esters is 2. The molecule has 0 radical (unpaired) electrons. The fourth-order valence-electron chi connectivity index (χ4n) is 7.79. The zero-order valence-corrected chi connectivity index (χ0v) is 33.9. The van der Waals surface area contributed by atoms with Crippen LogP contribution < -0.4 is 0 Å². The van der Waals surface area contributed by atoms with Gasteiger partial charge in [-0.1, -0.05) is 206 Å². The second-order valence-electron chi connectivity index (χ2n) is 16.1. The third-order valence-corrected chi connectivity index (χ3v) is 11.2. The van der Waals surface area contributed by atoms with Crippen molar-refractivity contribution < 1.29 is 29.0 Å². The summed E-state index contributed by atoms with van der Waals surface area (Å²) in [5.74, 6) is -3.45. The maximum absolute atomic E-state index is 12.9. The summed E-state index contributed by atoms with van der Waals surface area (Å²) < 4.78 is 11.1. The summed E-state index contributed by atoms with van der Waals surface area (Å²) in [6.07, 6.45) is 42.3. The number of carbonyl (C=O) groups is 3. The van der Waals surface area contributed by atoms with Gasteiger partial charge in [0.05, 0.1) is 31.0 Å². The maximum atomic E-state index is 12.9. The molecule has 0 aromatic rings. The van der Waals surface area contributed by atoms with Crippen molar-refractivity contribution in [2.75, 3.05) is 13.2 Å². The topological polar surface area (TPSA) is 89.9 Å². The Morgan fingerprint density at radius 2 is 0.588 bits per heavy atom. The monoisotopic (exact) mass is 721 g/mol. The number of ether oxygens (including phenoxy) is 2. The molecule has 0 amide bonds. The minimum atomic E-state index is -0.944. The molecule has 1 fully saturated rings. The molecule has 0 saturated heterocycles. The molecule has 0 bridgehead atoms. The lowest BCUT2D eigenvalue weighted by Crippen LogP contribution is -2.36. The van der Waals surface area contributed by atoms with Crippen molar-refractivity contribution in [3.8, 4) is 0 Å². The molecule has 6 nitrogen and oxygen atoms in total. The Bertz CT molecular complexity index is 755. The Balaban J connectivity index is 2.05. The molecule has 1 aliphatic rings. The molecule has 0 aliphatic heterocycles. The van der Waals surface area contributed by atoms with Gasteiger partial charge in [0.15, 0.2) is 0 Å². The zero-order chi connectivity index (χ0) is 37.0. The summed E-state index contributed by atoms with van der Waals surface area (Å²) in [7, 11) is 0. The fourth-order valence-corrected chi connectivity index (χ4v) is 7.79. The number of unbranched alkanes of at least 4 members (excludes halogenated alkanes) is 30. The Kier molecular flexibility index (Phi) is 33.0. The maximum Gasteiger partial charge on any atom is 0.308 e. The van der Waals surface area contributed by atoms with Gasteiger partial charge in [-0.3, -0.25) is 14.4 Å². The van der Waals surface area contributed by atoms with Crippen LogP contribution in [0.15, 0.2) is 0 Å². The smallest absolute Gasteiger partial charge is 0.308 e. The molecule has 0 heterocycles. The quantitative estimate of drug-likeness (QED) is 0.0507. The van der Waals surface area contributed by atoms with E-state index in [1.807, 2.05) is 0 Å². The highest BCUT2D eigenvalue weighted by atomic mass is 16.5. The van der Waals surface area contributed by atoms with Crippen LogP contribution in [0.4, 0.5) is 0 Å². The van der Waals surface area contributed by atoms with Crippen LogP contribution in [0.25, 0.3) is 0 Å². The van der Waals surface area contributed by atoms with E-state index < -0.39 is 23.7 Å². The standard InChI is InChI=1S/C45H84O6/c1-3-5-7-9-11-13-15-17-19-21-23-25-27-29-31-33-35-50-44(48)41-37-40(43(46)47)38-42(39-41)45(49)51-36-34-32-30-28-26-24-22-20-18-16-14-12-10-8-6-4-2/h40-42H,3-39H2,1-2H3,(H,46,47). The normalized spacial score (nSPS) is 17.4. The highest BCUT2D eigenvalue weighted by Gasteiger charge is 2.40. The van der Waals surface area contributed by atoms with Gasteiger partial charge in [0.25, 0.3) is 0 Å². The molecule has 1 aliphatic carbocycles. The molecule has 2 atom stereocenters. The van der Waals surface area contributed by atoms with Crippen molar-refractivity contribution in [1.82, 2.24) is 0 Å². The third-order valence-electron chi connectivity index (χ3n) is 11.2. The number of hydrogen-bond acceptors (Lipinski definition) is 5. The Labute approximate surface area is 315 Å². The summed E-state index contributed by atoms with van der Waals surface area (Å²) in [6.45, 7) is 5.29. The highest BCUT2D eigenvalue weighted by Crippen LogP contribution is 2.35. The van der Waals surface area contributed by atoms with E-state index in [4.69, 9.17) is 9.47 Å². The zero-order valence-electron chi connectivity index (χ0n) is 33.9. The summed E-state index contributed by atoms with van der Waals surface area (Å²) >= 11 is 0. The van der Waals surface area contributed by atoms with Crippen LogP contribution in [-0.4, -0.2) is 36.2 Å². The molecule has 2 unspecified atom stereocenters. The fraction of sp³-hybridized carbons (Fsp3) is 0.933. The van der Waals surface area contributed by atoms with Crippen LogP contribution in [0.2, 0.25) is 0 Å². The van der Waals surface area contributed by atoms with E-state index >= 15 is 0 Å². The van der Waals surface area contributed by atoms with Crippen molar-refractivity contribution in [1.29, 1.82) is 0 Å². The molecule has 0 spiro atoms. The lowest BCUT2D eigenvalue weighted by atomic mass is 9.75. The highest BCUT2D eigenvalue weighted by molar-refractivity contribution is 5.79. The minimum Gasteiger partial charge on any atom is -0.481 e. The number of carbonyl (C=O) groups excluding carboxylic acids is 2. The predicted molar refractivity (Wildman–Crippen MR) is 213 cm³/mol. The van der Waals surface area contributed by atoms with E-state index in [0.717, 1.165) is 38.5 Å². The van der Waals surface area contributed by atoms with E-state index in [1.165, 1.54) is 167 Å². The van der Waals surface area contributed by atoms with Crippen LogP contribution >= 0.6 is 0 Å². The van der Waals surface area contributed by atoms with Crippen LogP contribution in [-0.2, 0) is 23.9 Å². The Morgan fingerprint density at radius 3 is 0.824 bits per heavy atom. The number of carboxylic acids is 1. The number of rotatable bonds is 37. The lowest BCUT2D eigenvalue weighted by Gasteiger charge is -2.30. The van der Waals surface area contributed by atoms with Crippen LogP contribution in [0, 0.1) is 17.8 Å². The van der Waals surface area contributed by atoms with Gasteiger partial charge < -0.3 is 14.6 Å². The van der Waals surface area contributed by atoms with Gasteiger partial charge in [-0.2, -0.15) is 0 Å². The van der Waals surface area contributed by atoms with E-state index in [0.29, 0.717) is 19.6 Å². The molecule has 1 N–H and O–H groups in total. The number of carboxylic acid groups (broad SMARTS) is 1. The van der Waals surface area contributed by atoms with Crippen LogP contribution in [0.1, 0.15) is 239 Å². The Hall–Kier alpha value is -1.59. The van der Waals surface area contributed by atoms with Crippen molar-refractivity contribution in [3.05, 3.63) is 0 Å². The van der Waals surface area contributed by atoms with Gasteiger partial charge >= 0.3 is 17.9 Å². The molecule has 1 saturated carbocycles. The second-order valence-corrected chi connectivity index (χ2v) is 16.1. The van der Waals surface area contributed by atoms with E-state index in [1.54, 1.807) is 0 Å². The number of aliphatic carboxylic acids is 1. The third kappa shape index (κ3) is 28.6. The second kappa shape index (κ2) is 35.4. The van der Waals surface area contributed by atoms with E-state index in [-0.39, 0.29) is 24.8 Å². The SMILES string of the molecule is CCCCCCCCCCCCCCCCCCOC(=O)C1CC(C(=O)O)CC(C(=O)OCCCCCCCCCCCCCCCCCC)C1. The summed E-state index contributed by atoms with van der Waals surface area (Å²) in [5, 5.41) is 9.70. The molecule has 0 aromatic carbocycles. The first-order chi connectivity index (χ1) is 25.0. The lowest BCUT2D eigenvalue weighted by molar-refractivity contribution is -0.159. The molecule has 0 aromatic heterocycles. The molecule has 51 heavy (non-hydrogen) atoms. The predicted octanol–water partition coefficient (Wildman–Crippen LogP) is 13.7. The molecule has 300 valence electrons. The molecule has 1 rings (SSSR count). The van der Waals surface area contributed by atoms with Crippen molar-refractivity contribution in [2.45, 2.75) is 239 Å². The summed E-state index contributed by atoms with van der Waals surface area (Å²) in [6, 6.07) is 0. The van der Waals surface area contributed by atoms with Gasteiger partial charge in [0.2, 0.25) is 0 Å². The van der Waals surface area contributed by atoms with Gasteiger partial charge in [0, 0.05) is 0 Å². The van der Waals surface area contributed by atoms with Crippen LogP contribution in [0.3, 0.4) is 0 Å². The van der Waals surface area contributed by atoms with Crippen molar-refractivity contribution >= 4 is 17.9 Å². The Morgan fingerprint density at radius 1 is 0.373 bits per heavy atom. The summed E-state index contributed by atoms with van der Waals surface area (Å²) in [4.78, 5) is 37.5. The van der Waals surface area contributed by atoms with Crippen molar-refractivity contribution in [2.24, 2.45) is 17.8 Å². The van der Waals surface area contributed by atoms with Gasteiger partial charge in [-0.15, -0.1) is 0 Å². The first-order valence-electron chi connectivity index (χ1n) is 22.6.